The van der Waals surface area contributed by atoms with Gasteiger partial charge in [0.05, 0.1) is 6.42 Å². The van der Waals surface area contributed by atoms with Crippen LogP contribution in [0.25, 0.3) is 0 Å². The summed E-state index contributed by atoms with van der Waals surface area (Å²) < 4.78 is 0. The predicted molar refractivity (Wildman–Crippen MR) is 81.4 cm³/mol. The Balaban J connectivity index is 1.72. The van der Waals surface area contributed by atoms with Crippen molar-refractivity contribution in [2.45, 2.75) is 11.8 Å². The zero-order chi connectivity index (χ0) is 13.1. The summed E-state index contributed by atoms with van der Waals surface area (Å²) in [5.41, 5.74) is 1.09. The largest absolute Gasteiger partial charge is 0.325 e. The van der Waals surface area contributed by atoms with Crippen molar-refractivity contribution >= 4 is 29.0 Å². The van der Waals surface area contributed by atoms with E-state index >= 15 is 0 Å². The van der Waals surface area contributed by atoms with Crippen LogP contribution in [0.15, 0.2) is 47.8 Å². The molecule has 0 aliphatic carbocycles. The fourth-order valence-electron chi connectivity index (χ4n) is 2.26. The fraction of sp³-hybridized carbons (Fsp3) is 0.267. The Hall–Kier alpha value is -1.26. The quantitative estimate of drug-likeness (QED) is 0.861. The number of rotatable bonds is 3. The SMILES string of the molecule is O=C(Cc1ccccc1)N1CCSC1c1cccs1. The second-order valence-corrected chi connectivity index (χ2v) is 6.66. The summed E-state index contributed by atoms with van der Waals surface area (Å²) >= 11 is 3.60. The third-order valence-electron chi connectivity index (χ3n) is 3.20. The molecule has 1 aliphatic heterocycles. The van der Waals surface area contributed by atoms with Crippen LogP contribution < -0.4 is 0 Å². The molecule has 0 radical (unpaired) electrons. The van der Waals surface area contributed by atoms with Crippen LogP contribution in [0.1, 0.15) is 15.8 Å². The van der Waals surface area contributed by atoms with Crippen molar-refractivity contribution in [3.8, 4) is 0 Å². The van der Waals surface area contributed by atoms with E-state index in [1.54, 1.807) is 11.3 Å². The van der Waals surface area contributed by atoms with Crippen molar-refractivity contribution in [1.82, 2.24) is 4.90 Å². The number of hydrogen-bond donors (Lipinski definition) is 0. The van der Waals surface area contributed by atoms with E-state index in [1.165, 1.54) is 4.88 Å². The van der Waals surface area contributed by atoms with Crippen LogP contribution >= 0.6 is 23.1 Å². The highest BCUT2D eigenvalue weighted by Crippen LogP contribution is 2.40. The van der Waals surface area contributed by atoms with Gasteiger partial charge in [0.2, 0.25) is 5.91 Å². The second-order valence-electron chi connectivity index (χ2n) is 4.49. The molecular weight excluding hydrogens is 274 g/mol. The molecule has 1 atom stereocenters. The van der Waals surface area contributed by atoms with Gasteiger partial charge in [-0.15, -0.1) is 23.1 Å². The Bertz CT molecular complexity index is 539. The normalized spacial score (nSPS) is 18.7. The zero-order valence-corrected chi connectivity index (χ0v) is 12.1. The minimum Gasteiger partial charge on any atom is -0.325 e. The molecule has 0 spiro atoms. The molecule has 2 aromatic rings. The van der Waals surface area contributed by atoms with Crippen LogP contribution in [0.4, 0.5) is 0 Å². The highest BCUT2D eigenvalue weighted by atomic mass is 32.2. The van der Waals surface area contributed by atoms with Crippen LogP contribution in [0, 0.1) is 0 Å². The Labute approximate surface area is 121 Å². The van der Waals surface area contributed by atoms with Gasteiger partial charge in [0, 0.05) is 17.2 Å². The van der Waals surface area contributed by atoms with Crippen LogP contribution in [-0.4, -0.2) is 23.1 Å². The van der Waals surface area contributed by atoms with Gasteiger partial charge in [-0.3, -0.25) is 4.79 Å². The summed E-state index contributed by atoms with van der Waals surface area (Å²) in [5.74, 6) is 1.26. The maximum absolute atomic E-state index is 12.4. The van der Waals surface area contributed by atoms with E-state index in [2.05, 4.69) is 17.5 Å². The molecule has 0 bridgehead atoms. The maximum atomic E-state index is 12.4. The molecule has 19 heavy (non-hydrogen) atoms. The first-order chi connectivity index (χ1) is 9.34. The summed E-state index contributed by atoms with van der Waals surface area (Å²) in [7, 11) is 0. The summed E-state index contributed by atoms with van der Waals surface area (Å²) in [5, 5.41) is 2.30. The summed E-state index contributed by atoms with van der Waals surface area (Å²) in [6.45, 7) is 0.860. The van der Waals surface area contributed by atoms with E-state index in [0.29, 0.717) is 6.42 Å². The van der Waals surface area contributed by atoms with Gasteiger partial charge in [-0.2, -0.15) is 0 Å². The smallest absolute Gasteiger partial charge is 0.228 e. The number of benzene rings is 1. The average Bonchev–Trinajstić information content (AvgIpc) is 3.10. The van der Waals surface area contributed by atoms with Gasteiger partial charge in [-0.1, -0.05) is 36.4 Å². The van der Waals surface area contributed by atoms with E-state index in [4.69, 9.17) is 0 Å². The van der Waals surface area contributed by atoms with E-state index in [0.717, 1.165) is 17.9 Å². The van der Waals surface area contributed by atoms with E-state index in [1.807, 2.05) is 47.0 Å². The molecule has 1 aromatic carbocycles. The van der Waals surface area contributed by atoms with E-state index in [9.17, 15) is 4.79 Å². The van der Waals surface area contributed by atoms with Crippen LogP contribution in [0.5, 0.6) is 0 Å². The predicted octanol–water partition coefficient (Wildman–Crippen LogP) is 3.56. The molecule has 1 aliphatic rings. The van der Waals surface area contributed by atoms with Crippen molar-refractivity contribution < 1.29 is 4.79 Å². The summed E-state index contributed by atoms with van der Waals surface area (Å²) in [6, 6.07) is 14.2. The standard InChI is InChI=1S/C15H15NOS2/c17-14(11-12-5-2-1-3-6-12)16-8-10-19-15(16)13-7-4-9-18-13/h1-7,9,15H,8,10-11H2. The van der Waals surface area contributed by atoms with Gasteiger partial charge >= 0.3 is 0 Å². The van der Waals surface area contributed by atoms with Gasteiger partial charge in [0.1, 0.15) is 5.37 Å². The van der Waals surface area contributed by atoms with Gasteiger partial charge in [-0.05, 0) is 17.0 Å². The number of nitrogens with zero attached hydrogens (tertiary/aromatic N) is 1. The lowest BCUT2D eigenvalue weighted by molar-refractivity contribution is -0.130. The molecule has 1 fully saturated rings. The molecule has 2 nitrogen and oxygen atoms in total. The topological polar surface area (TPSA) is 20.3 Å². The maximum Gasteiger partial charge on any atom is 0.228 e. The molecule has 98 valence electrons. The van der Waals surface area contributed by atoms with Gasteiger partial charge < -0.3 is 4.90 Å². The molecule has 4 heteroatoms. The summed E-state index contributed by atoms with van der Waals surface area (Å²) in [6.07, 6.45) is 0.503. The zero-order valence-electron chi connectivity index (χ0n) is 10.5. The van der Waals surface area contributed by atoms with Gasteiger partial charge in [0.25, 0.3) is 0 Å². The molecule has 2 heterocycles. The van der Waals surface area contributed by atoms with Crippen molar-refractivity contribution in [2.75, 3.05) is 12.3 Å². The number of amides is 1. The lowest BCUT2D eigenvalue weighted by Crippen LogP contribution is -2.31. The third kappa shape index (κ3) is 2.85. The third-order valence-corrected chi connectivity index (χ3v) is 5.51. The number of thioether (sulfide) groups is 1. The lowest BCUT2D eigenvalue weighted by atomic mass is 10.1. The lowest BCUT2D eigenvalue weighted by Gasteiger charge is -2.23. The Morgan fingerprint density at radius 1 is 1.21 bits per heavy atom. The second kappa shape index (κ2) is 5.80. The first-order valence-electron chi connectivity index (χ1n) is 6.33. The molecule has 1 amide bonds. The first-order valence-corrected chi connectivity index (χ1v) is 8.26. The number of carbonyl (C=O) groups excluding carboxylic acids is 1. The summed E-state index contributed by atoms with van der Waals surface area (Å²) in [4.78, 5) is 15.7. The molecule has 0 saturated carbocycles. The molecular formula is C15H15NOS2. The molecule has 0 N–H and O–H groups in total. The van der Waals surface area contributed by atoms with Crippen LogP contribution in [-0.2, 0) is 11.2 Å². The monoisotopic (exact) mass is 289 g/mol. The molecule has 1 aromatic heterocycles. The Morgan fingerprint density at radius 3 is 2.79 bits per heavy atom. The van der Waals surface area contributed by atoms with Crippen molar-refractivity contribution in [1.29, 1.82) is 0 Å². The highest BCUT2D eigenvalue weighted by Gasteiger charge is 2.30. The minimum absolute atomic E-state index is 0.219. The number of thiophene rings is 1. The first kappa shape index (κ1) is 12.8. The molecule has 3 rings (SSSR count). The number of carbonyl (C=O) groups is 1. The van der Waals surface area contributed by atoms with E-state index in [-0.39, 0.29) is 11.3 Å². The van der Waals surface area contributed by atoms with Crippen molar-refractivity contribution in [3.05, 3.63) is 58.3 Å². The van der Waals surface area contributed by atoms with Crippen LogP contribution in [0.2, 0.25) is 0 Å². The van der Waals surface area contributed by atoms with Gasteiger partial charge in [0.15, 0.2) is 0 Å². The Kier molecular flexibility index (Phi) is 3.89. The van der Waals surface area contributed by atoms with E-state index < -0.39 is 0 Å². The average molecular weight is 289 g/mol. The van der Waals surface area contributed by atoms with Crippen LogP contribution in [0.3, 0.4) is 0 Å². The highest BCUT2D eigenvalue weighted by molar-refractivity contribution is 7.99. The number of hydrogen-bond acceptors (Lipinski definition) is 3. The minimum atomic E-state index is 0.219. The van der Waals surface area contributed by atoms with Gasteiger partial charge in [-0.25, -0.2) is 0 Å². The molecule has 1 saturated heterocycles. The van der Waals surface area contributed by atoms with Crippen molar-refractivity contribution in [2.24, 2.45) is 0 Å². The van der Waals surface area contributed by atoms with Crippen molar-refractivity contribution in [3.63, 3.8) is 0 Å². The Morgan fingerprint density at radius 2 is 2.05 bits per heavy atom. The fourth-order valence-corrected chi connectivity index (χ4v) is 4.52. The molecule has 1 unspecified atom stereocenters.